The van der Waals surface area contributed by atoms with E-state index in [9.17, 15) is 14.3 Å². The Morgan fingerprint density at radius 1 is 1.32 bits per heavy atom. The molecular formula is C22H25FN2O3. The van der Waals surface area contributed by atoms with Crippen molar-refractivity contribution in [3.63, 3.8) is 0 Å². The van der Waals surface area contributed by atoms with Gasteiger partial charge in [-0.3, -0.25) is 4.90 Å². The molecule has 0 aromatic heterocycles. The molecule has 5 nitrogen and oxygen atoms in total. The standard InChI is InChI=1S/C22H25FN2O3/c1-22(2)12-19(17-10-14(23)7-9-20(17)28-22)25(21(24)27)18-5-3-4-13-6-8-15(26)11-16(13)18/h3-5,7,9-10,15,19,26H,6,8,11-12H2,1-2H3,(H2,24,27)/t15-,19-/m1/s1. The van der Waals surface area contributed by atoms with Gasteiger partial charge >= 0.3 is 6.03 Å². The zero-order valence-electron chi connectivity index (χ0n) is 16.1. The minimum Gasteiger partial charge on any atom is -0.487 e. The summed E-state index contributed by atoms with van der Waals surface area (Å²) in [5.74, 6) is 0.167. The van der Waals surface area contributed by atoms with Crippen LogP contribution in [0, 0.1) is 5.82 Å². The number of nitrogens with zero attached hydrogens (tertiary/aromatic N) is 1. The number of carbonyl (C=O) groups is 1. The van der Waals surface area contributed by atoms with Crippen molar-refractivity contribution in [3.05, 3.63) is 58.9 Å². The van der Waals surface area contributed by atoms with E-state index in [1.807, 2.05) is 32.0 Å². The molecule has 1 aliphatic carbocycles. The summed E-state index contributed by atoms with van der Waals surface area (Å²) >= 11 is 0. The van der Waals surface area contributed by atoms with E-state index in [-0.39, 0.29) is 5.82 Å². The smallest absolute Gasteiger partial charge is 0.319 e. The highest BCUT2D eigenvalue weighted by Gasteiger charge is 2.40. The van der Waals surface area contributed by atoms with Gasteiger partial charge in [-0.15, -0.1) is 0 Å². The largest absolute Gasteiger partial charge is 0.487 e. The van der Waals surface area contributed by atoms with Crippen molar-refractivity contribution in [1.29, 1.82) is 0 Å². The molecule has 1 heterocycles. The van der Waals surface area contributed by atoms with Gasteiger partial charge in [-0.25, -0.2) is 9.18 Å². The summed E-state index contributed by atoms with van der Waals surface area (Å²) in [5.41, 5.74) is 8.63. The zero-order valence-corrected chi connectivity index (χ0v) is 16.1. The van der Waals surface area contributed by atoms with Crippen LogP contribution in [0.25, 0.3) is 0 Å². The predicted molar refractivity (Wildman–Crippen MR) is 105 cm³/mol. The first-order valence-corrected chi connectivity index (χ1v) is 9.61. The number of fused-ring (bicyclic) bond motifs is 2. The maximum absolute atomic E-state index is 14.0. The first kappa shape index (κ1) is 18.7. The van der Waals surface area contributed by atoms with Crippen molar-refractivity contribution in [3.8, 4) is 5.75 Å². The molecule has 0 bridgehead atoms. The van der Waals surface area contributed by atoms with Gasteiger partial charge in [-0.1, -0.05) is 12.1 Å². The number of rotatable bonds is 2. The third-order valence-corrected chi connectivity index (χ3v) is 5.65. The van der Waals surface area contributed by atoms with Gasteiger partial charge in [-0.2, -0.15) is 0 Å². The highest BCUT2D eigenvalue weighted by molar-refractivity contribution is 5.93. The monoisotopic (exact) mass is 384 g/mol. The lowest BCUT2D eigenvalue weighted by Gasteiger charge is -2.43. The third kappa shape index (κ3) is 3.33. The fourth-order valence-electron chi connectivity index (χ4n) is 4.43. The molecular weight excluding hydrogens is 359 g/mol. The molecule has 3 N–H and O–H groups in total. The number of hydrogen-bond acceptors (Lipinski definition) is 3. The van der Waals surface area contributed by atoms with E-state index in [2.05, 4.69) is 0 Å². The molecule has 0 radical (unpaired) electrons. The first-order chi connectivity index (χ1) is 13.2. The van der Waals surface area contributed by atoms with Crippen LogP contribution < -0.4 is 15.4 Å². The number of primary amides is 1. The maximum Gasteiger partial charge on any atom is 0.319 e. The highest BCUT2D eigenvalue weighted by Crippen LogP contribution is 2.45. The van der Waals surface area contributed by atoms with Crippen molar-refractivity contribution in [2.24, 2.45) is 5.73 Å². The van der Waals surface area contributed by atoms with Crippen molar-refractivity contribution in [2.45, 2.75) is 57.3 Å². The van der Waals surface area contributed by atoms with Crippen LogP contribution in [-0.2, 0) is 12.8 Å². The Balaban J connectivity index is 1.87. The van der Waals surface area contributed by atoms with Crippen LogP contribution in [0.15, 0.2) is 36.4 Å². The molecule has 2 aromatic carbocycles. The molecule has 4 rings (SSSR count). The molecule has 0 saturated carbocycles. The Morgan fingerprint density at radius 3 is 2.86 bits per heavy atom. The number of carbonyl (C=O) groups excluding carboxylic acids is 1. The average Bonchev–Trinajstić information content (AvgIpc) is 2.62. The number of urea groups is 1. The summed E-state index contributed by atoms with van der Waals surface area (Å²) in [4.78, 5) is 14.2. The van der Waals surface area contributed by atoms with Crippen LogP contribution in [0.4, 0.5) is 14.9 Å². The van der Waals surface area contributed by atoms with Crippen LogP contribution in [0.3, 0.4) is 0 Å². The quantitative estimate of drug-likeness (QED) is 0.825. The number of aliphatic hydroxyl groups is 1. The summed E-state index contributed by atoms with van der Waals surface area (Å²) in [6, 6.07) is 9.07. The second-order valence-electron chi connectivity index (χ2n) is 8.28. The summed E-state index contributed by atoms with van der Waals surface area (Å²) in [6.45, 7) is 3.88. The fraction of sp³-hybridized carbons (Fsp3) is 0.409. The van der Waals surface area contributed by atoms with Crippen LogP contribution >= 0.6 is 0 Å². The van der Waals surface area contributed by atoms with Crippen LogP contribution in [0.5, 0.6) is 5.75 Å². The minimum absolute atomic E-state index is 0.387. The fourth-order valence-corrected chi connectivity index (χ4v) is 4.43. The van der Waals surface area contributed by atoms with Gasteiger partial charge in [0.1, 0.15) is 17.2 Å². The Labute approximate surface area is 163 Å². The average molecular weight is 384 g/mol. The van der Waals surface area contributed by atoms with E-state index in [0.29, 0.717) is 36.3 Å². The highest BCUT2D eigenvalue weighted by atomic mass is 19.1. The Kier molecular flexibility index (Phi) is 4.54. The molecule has 148 valence electrons. The molecule has 2 aromatic rings. The number of aryl methyl sites for hydroxylation is 1. The Bertz CT molecular complexity index is 928. The molecule has 1 aliphatic heterocycles. The minimum atomic E-state index is -0.605. The van der Waals surface area contributed by atoms with Crippen molar-refractivity contribution >= 4 is 11.7 Å². The molecule has 0 saturated heterocycles. The number of benzene rings is 2. The van der Waals surface area contributed by atoms with E-state index < -0.39 is 23.8 Å². The van der Waals surface area contributed by atoms with E-state index in [1.54, 1.807) is 11.0 Å². The second kappa shape index (κ2) is 6.78. The van der Waals surface area contributed by atoms with Crippen molar-refractivity contribution < 1.29 is 19.0 Å². The topological polar surface area (TPSA) is 75.8 Å². The number of halogens is 1. The summed E-state index contributed by atoms with van der Waals surface area (Å²) in [7, 11) is 0. The van der Waals surface area contributed by atoms with Crippen LogP contribution in [0.2, 0.25) is 0 Å². The number of hydrogen-bond donors (Lipinski definition) is 2. The number of nitrogens with two attached hydrogens (primary N) is 1. The van der Waals surface area contributed by atoms with Crippen molar-refractivity contribution in [1.82, 2.24) is 0 Å². The number of amides is 2. The van der Waals surface area contributed by atoms with Gasteiger partial charge in [0.25, 0.3) is 0 Å². The normalized spacial score (nSPS) is 22.6. The molecule has 0 unspecified atom stereocenters. The number of anilines is 1. The molecule has 0 spiro atoms. The molecule has 2 atom stereocenters. The van der Waals surface area contributed by atoms with Gasteiger partial charge in [0.2, 0.25) is 0 Å². The van der Waals surface area contributed by atoms with Gasteiger partial charge in [0.05, 0.1) is 12.1 Å². The summed E-state index contributed by atoms with van der Waals surface area (Å²) in [5, 5.41) is 10.2. The van der Waals surface area contributed by atoms with Gasteiger partial charge < -0.3 is 15.6 Å². The summed E-state index contributed by atoms with van der Waals surface area (Å²) in [6.07, 6.45) is 1.95. The zero-order chi connectivity index (χ0) is 20.1. The van der Waals surface area contributed by atoms with E-state index in [0.717, 1.165) is 17.5 Å². The van der Waals surface area contributed by atoms with Crippen LogP contribution in [-0.4, -0.2) is 22.8 Å². The molecule has 2 aliphatic rings. The van der Waals surface area contributed by atoms with Gasteiger partial charge in [0.15, 0.2) is 0 Å². The third-order valence-electron chi connectivity index (χ3n) is 5.65. The predicted octanol–water partition coefficient (Wildman–Crippen LogP) is 3.86. The van der Waals surface area contributed by atoms with E-state index in [1.165, 1.54) is 12.1 Å². The van der Waals surface area contributed by atoms with Gasteiger partial charge in [0, 0.05) is 24.1 Å². The molecule has 0 fully saturated rings. The van der Waals surface area contributed by atoms with Crippen LogP contribution in [0.1, 0.15) is 49.4 Å². The SMILES string of the molecule is CC1(C)C[C@@H](N(C(N)=O)c2cccc3c2C[C@H](O)CC3)c2cc(F)ccc2O1. The maximum atomic E-state index is 14.0. The van der Waals surface area contributed by atoms with E-state index >= 15 is 0 Å². The Hall–Kier alpha value is -2.60. The number of aliphatic hydroxyl groups excluding tert-OH is 1. The number of ether oxygens (including phenoxy) is 1. The first-order valence-electron chi connectivity index (χ1n) is 9.61. The second-order valence-corrected chi connectivity index (χ2v) is 8.28. The molecule has 28 heavy (non-hydrogen) atoms. The lowest BCUT2D eigenvalue weighted by atomic mass is 9.85. The lowest BCUT2D eigenvalue weighted by Crippen LogP contribution is -2.46. The molecule has 2 amide bonds. The van der Waals surface area contributed by atoms with Gasteiger partial charge in [-0.05, 0) is 62.1 Å². The lowest BCUT2D eigenvalue weighted by molar-refractivity contribution is 0.0720. The van der Waals surface area contributed by atoms with Crippen molar-refractivity contribution in [2.75, 3.05) is 4.90 Å². The Morgan fingerprint density at radius 2 is 2.11 bits per heavy atom. The molecule has 6 heteroatoms. The van der Waals surface area contributed by atoms with E-state index in [4.69, 9.17) is 10.5 Å². The summed E-state index contributed by atoms with van der Waals surface area (Å²) < 4.78 is 20.0.